The molecule has 23 heavy (non-hydrogen) atoms. The Balaban J connectivity index is 1.76. The number of nitrogens with one attached hydrogen (secondary N) is 1. The van der Waals surface area contributed by atoms with Gasteiger partial charge in [-0.2, -0.15) is 0 Å². The summed E-state index contributed by atoms with van der Waals surface area (Å²) >= 11 is 0. The third-order valence-electron chi connectivity index (χ3n) is 4.58. The van der Waals surface area contributed by atoms with Crippen LogP contribution in [0.15, 0.2) is 42.5 Å². The number of halogens is 2. The Bertz CT molecular complexity index is 707. The summed E-state index contributed by atoms with van der Waals surface area (Å²) < 4.78 is 26.7. The van der Waals surface area contributed by atoms with Gasteiger partial charge in [0.1, 0.15) is 11.6 Å². The molecule has 2 aromatic carbocycles. The Morgan fingerprint density at radius 2 is 1.96 bits per heavy atom. The average molecular weight is 319 g/mol. The van der Waals surface area contributed by atoms with E-state index in [0.29, 0.717) is 6.42 Å². The molecule has 1 aliphatic carbocycles. The molecule has 0 bridgehead atoms. The van der Waals surface area contributed by atoms with Crippen molar-refractivity contribution in [2.45, 2.75) is 24.5 Å². The highest BCUT2D eigenvalue weighted by Crippen LogP contribution is 2.36. The molecule has 122 valence electrons. The molecule has 0 fully saturated rings. The molecule has 0 radical (unpaired) electrons. The Morgan fingerprint density at radius 3 is 2.70 bits per heavy atom. The van der Waals surface area contributed by atoms with Gasteiger partial charge in [-0.15, -0.1) is 0 Å². The molecule has 0 aromatic heterocycles. The second kappa shape index (κ2) is 6.35. The number of aliphatic hydroxyl groups is 2. The summed E-state index contributed by atoms with van der Waals surface area (Å²) in [5, 5.41) is 23.3. The molecule has 0 amide bonds. The van der Waals surface area contributed by atoms with Gasteiger partial charge in [0.05, 0.1) is 18.2 Å². The van der Waals surface area contributed by atoms with Crippen molar-refractivity contribution in [1.29, 1.82) is 0 Å². The summed E-state index contributed by atoms with van der Waals surface area (Å²) in [7, 11) is 0. The van der Waals surface area contributed by atoms with Gasteiger partial charge in [0.15, 0.2) is 0 Å². The van der Waals surface area contributed by atoms with Crippen molar-refractivity contribution in [2.24, 2.45) is 0 Å². The first-order chi connectivity index (χ1) is 11.1. The number of aryl methyl sites for hydroxylation is 1. The quantitative estimate of drug-likeness (QED) is 0.793. The minimum Gasteiger partial charge on any atom is -0.394 e. The van der Waals surface area contributed by atoms with E-state index >= 15 is 0 Å². The summed E-state index contributed by atoms with van der Waals surface area (Å²) in [5.74, 6) is -1.45. The highest BCUT2D eigenvalue weighted by Gasteiger charge is 2.38. The second-order valence-corrected chi connectivity index (χ2v) is 5.96. The van der Waals surface area contributed by atoms with E-state index in [1.54, 1.807) is 0 Å². The van der Waals surface area contributed by atoms with E-state index in [-0.39, 0.29) is 18.7 Å². The SMILES string of the molecule is OCC1(NCC(O)c2ccc(F)cc2F)CCc2ccccc21. The first-order valence-electron chi connectivity index (χ1n) is 7.63. The van der Waals surface area contributed by atoms with Crippen LogP contribution in [0.1, 0.15) is 29.2 Å². The van der Waals surface area contributed by atoms with Crippen molar-refractivity contribution in [3.8, 4) is 0 Å². The maximum atomic E-state index is 13.7. The molecule has 2 aromatic rings. The highest BCUT2D eigenvalue weighted by molar-refractivity contribution is 5.39. The standard InChI is InChI=1S/C18H19F2NO2/c19-13-5-6-14(16(20)9-13)17(23)10-21-18(11-22)8-7-12-3-1-2-4-15(12)18/h1-6,9,17,21-23H,7-8,10-11H2. The summed E-state index contributed by atoms with van der Waals surface area (Å²) in [5.41, 5.74) is 1.58. The number of rotatable bonds is 5. The Labute approximate surface area is 133 Å². The molecule has 0 heterocycles. The predicted octanol–water partition coefficient (Wildman–Crippen LogP) is 2.42. The van der Waals surface area contributed by atoms with Crippen molar-refractivity contribution in [1.82, 2.24) is 5.32 Å². The molecule has 0 saturated carbocycles. The summed E-state index contributed by atoms with van der Waals surface area (Å²) in [6.07, 6.45) is 0.429. The smallest absolute Gasteiger partial charge is 0.131 e. The zero-order chi connectivity index (χ0) is 16.4. The van der Waals surface area contributed by atoms with Crippen molar-refractivity contribution >= 4 is 0 Å². The molecule has 5 heteroatoms. The fourth-order valence-electron chi connectivity index (χ4n) is 3.27. The van der Waals surface area contributed by atoms with Gasteiger partial charge in [0, 0.05) is 18.2 Å². The van der Waals surface area contributed by atoms with Gasteiger partial charge in [-0.25, -0.2) is 8.78 Å². The van der Waals surface area contributed by atoms with E-state index in [9.17, 15) is 19.0 Å². The van der Waals surface area contributed by atoms with Crippen LogP contribution >= 0.6 is 0 Å². The largest absolute Gasteiger partial charge is 0.394 e. The van der Waals surface area contributed by atoms with Crippen LogP contribution in [0, 0.1) is 11.6 Å². The first kappa shape index (κ1) is 16.1. The van der Waals surface area contributed by atoms with Crippen molar-refractivity contribution < 1.29 is 19.0 Å². The van der Waals surface area contributed by atoms with E-state index in [4.69, 9.17) is 0 Å². The number of fused-ring (bicyclic) bond motifs is 1. The fourth-order valence-corrected chi connectivity index (χ4v) is 3.27. The fraction of sp³-hybridized carbons (Fsp3) is 0.333. The lowest BCUT2D eigenvalue weighted by Gasteiger charge is -2.31. The van der Waals surface area contributed by atoms with Crippen LogP contribution in [0.5, 0.6) is 0 Å². The van der Waals surface area contributed by atoms with Crippen LogP contribution in [-0.2, 0) is 12.0 Å². The third kappa shape index (κ3) is 3.00. The zero-order valence-electron chi connectivity index (χ0n) is 12.6. The maximum absolute atomic E-state index is 13.7. The van der Waals surface area contributed by atoms with E-state index in [1.165, 1.54) is 6.07 Å². The molecule has 0 aliphatic heterocycles. The molecule has 3 rings (SSSR count). The minimum atomic E-state index is -1.12. The van der Waals surface area contributed by atoms with Gasteiger partial charge in [0.2, 0.25) is 0 Å². The van der Waals surface area contributed by atoms with Crippen LogP contribution in [-0.4, -0.2) is 23.4 Å². The topological polar surface area (TPSA) is 52.5 Å². The van der Waals surface area contributed by atoms with Crippen molar-refractivity contribution in [3.63, 3.8) is 0 Å². The van der Waals surface area contributed by atoms with Crippen LogP contribution in [0.4, 0.5) is 8.78 Å². The number of hydrogen-bond acceptors (Lipinski definition) is 3. The minimum absolute atomic E-state index is 0.0401. The van der Waals surface area contributed by atoms with Crippen molar-refractivity contribution in [2.75, 3.05) is 13.2 Å². The van der Waals surface area contributed by atoms with E-state index in [1.807, 2.05) is 24.3 Å². The van der Waals surface area contributed by atoms with Gasteiger partial charge in [0.25, 0.3) is 0 Å². The van der Waals surface area contributed by atoms with Gasteiger partial charge >= 0.3 is 0 Å². The molecule has 0 spiro atoms. The van der Waals surface area contributed by atoms with E-state index in [2.05, 4.69) is 5.32 Å². The number of aliphatic hydroxyl groups excluding tert-OH is 2. The molecule has 2 atom stereocenters. The van der Waals surface area contributed by atoms with Crippen molar-refractivity contribution in [3.05, 3.63) is 70.8 Å². The normalized spacial score (nSPS) is 21.2. The van der Waals surface area contributed by atoms with Crippen LogP contribution < -0.4 is 5.32 Å². The summed E-state index contributed by atoms with van der Waals surface area (Å²) in [6, 6.07) is 11.0. The Hall–Kier alpha value is -1.82. The maximum Gasteiger partial charge on any atom is 0.131 e. The third-order valence-corrected chi connectivity index (χ3v) is 4.58. The first-order valence-corrected chi connectivity index (χ1v) is 7.63. The van der Waals surface area contributed by atoms with Gasteiger partial charge in [-0.1, -0.05) is 30.3 Å². The molecule has 2 unspecified atom stereocenters. The molecule has 0 saturated heterocycles. The molecule has 3 nitrogen and oxygen atoms in total. The van der Waals surface area contributed by atoms with Crippen LogP contribution in [0.3, 0.4) is 0 Å². The molecular formula is C18H19F2NO2. The van der Waals surface area contributed by atoms with Crippen LogP contribution in [0.25, 0.3) is 0 Å². The predicted molar refractivity (Wildman–Crippen MR) is 82.8 cm³/mol. The van der Waals surface area contributed by atoms with Gasteiger partial charge in [-0.3, -0.25) is 0 Å². The van der Waals surface area contributed by atoms with Gasteiger partial charge < -0.3 is 15.5 Å². The lowest BCUT2D eigenvalue weighted by molar-refractivity contribution is 0.117. The zero-order valence-corrected chi connectivity index (χ0v) is 12.6. The number of benzene rings is 2. The lowest BCUT2D eigenvalue weighted by Crippen LogP contribution is -2.45. The van der Waals surface area contributed by atoms with Gasteiger partial charge in [-0.05, 0) is 30.0 Å². The summed E-state index contributed by atoms with van der Waals surface area (Å²) in [4.78, 5) is 0. The Kier molecular flexibility index (Phi) is 4.43. The molecule has 1 aliphatic rings. The molecule has 3 N–H and O–H groups in total. The van der Waals surface area contributed by atoms with E-state index in [0.717, 1.165) is 29.7 Å². The lowest BCUT2D eigenvalue weighted by atomic mass is 9.92. The monoisotopic (exact) mass is 319 g/mol. The van der Waals surface area contributed by atoms with E-state index < -0.39 is 23.3 Å². The second-order valence-electron chi connectivity index (χ2n) is 5.96. The average Bonchev–Trinajstić information content (AvgIpc) is 2.92. The van der Waals surface area contributed by atoms with Crippen LogP contribution in [0.2, 0.25) is 0 Å². The summed E-state index contributed by atoms with van der Waals surface area (Å²) in [6.45, 7) is -0.0416. The number of hydrogen-bond donors (Lipinski definition) is 3. The molecular weight excluding hydrogens is 300 g/mol. The highest BCUT2D eigenvalue weighted by atomic mass is 19.1. The Morgan fingerprint density at radius 1 is 1.17 bits per heavy atom.